The van der Waals surface area contributed by atoms with Gasteiger partial charge in [-0.15, -0.1) is 0 Å². The first-order valence-electron chi connectivity index (χ1n) is 6.99. The van der Waals surface area contributed by atoms with Crippen LogP contribution in [0.4, 0.5) is 0 Å². The smallest absolute Gasteiger partial charge is 0.200 e. The highest BCUT2D eigenvalue weighted by Crippen LogP contribution is 2.38. The summed E-state index contributed by atoms with van der Waals surface area (Å²) in [6.45, 7) is 0. The standard InChI is InChI=1S/C17H21NO4/c1-21-14-9-12(10-15(22-2)17(14)20)16(18)13(19)8-11-6-4-3-5-7-11/h3-7,9-10,13,16,19-20H,8,18H2,1-2H3/t13-,16+/m1/s1. The molecule has 2 rings (SSSR count). The molecule has 0 saturated heterocycles. The molecule has 0 bridgehead atoms. The summed E-state index contributed by atoms with van der Waals surface area (Å²) in [7, 11) is 2.90. The van der Waals surface area contributed by atoms with E-state index in [1.807, 2.05) is 30.3 Å². The molecule has 0 amide bonds. The van der Waals surface area contributed by atoms with E-state index >= 15 is 0 Å². The maximum absolute atomic E-state index is 10.4. The lowest BCUT2D eigenvalue weighted by atomic mass is 9.96. The summed E-state index contributed by atoms with van der Waals surface area (Å²) in [6, 6.07) is 12.2. The van der Waals surface area contributed by atoms with Crippen LogP contribution in [0.25, 0.3) is 0 Å². The second kappa shape index (κ2) is 7.15. The van der Waals surface area contributed by atoms with E-state index < -0.39 is 12.1 Å². The van der Waals surface area contributed by atoms with Crippen molar-refractivity contribution >= 4 is 0 Å². The fourth-order valence-electron chi connectivity index (χ4n) is 2.31. The zero-order valence-corrected chi connectivity index (χ0v) is 12.7. The fourth-order valence-corrected chi connectivity index (χ4v) is 2.31. The van der Waals surface area contributed by atoms with E-state index in [1.54, 1.807) is 12.1 Å². The van der Waals surface area contributed by atoms with E-state index in [-0.39, 0.29) is 17.2 Å². The number of hydrogen-bond acceptors (Lipinski definition) is 5. The molecule has 22 heavy (non-hydrogen) atoms. The Hall–Kier alpha value is -2.24. The summed E-state index contributed by atoms with van der Waals surface area (Å²) in [5.74, 6) is 0.437. The topological polar surface area (TPSA) is 84.9 Å². The van der Waals surface area contributed by atoms with Gasteiger partial charge in [-0.3, -0.25) is 0 Å². The molecule has 0 radical (unpaired) electrons. The molecule has 0 saturated carbocycles. The lowest BCUT2D eigenvalue weighted by Gasteiger charge is -2.21. The van der Waals surface area contributed by atoms with Crippen LogP contribution >= 0.6 is 0 Å². The van der Waals surface area contributed by atoms with Gasteiger partial charge in [-0.2, -0.15) is 0 Å². The Morgan fingerprint density at radius 3 is 2.09 bits per heavy atom. The summed E-state index contributed by atoms with van der Waals surface area (Å²) in [5, 5.41) is 20.3. The summed E-state index contributed by atoms with van der Waals surface area (Å²) < 4.78 is 10.2. The van der Waals surface area contributed by atoms with E-state index in [0.29, 0.717) is 12.0 Å². The number of aliphatic hydroxyl groups excluding tert-OH is 1. The molecule has 2 aromatic carbocycles. The predicted octanol–water partition coefficient (Wildman–Crippen LogP) is 2.01. The van der Waals surface area contributed by atoms with Crippen molar-refractivity contribution in [3.8, 4) is 17.2 Å². The average molecular weight is 303 g/mol. The zero-order chi connectivity index (χ0) is 16.1. The van der Waals surface area contributed by atoms with Crippen LogP contribution in [-0.4, -0.2) is 30.5 Å². The normalized spacial score (nSPS) is 13.5. The molecular formula is C17H21NO4. The Bertz CT molecular complexity index is 590. The van der Waals surface area contributed by atoms with E-state index in [0.717, 1.165) is 5.56 Å². The molecule has 0 spiro atoms. The third-order valence-corrected chi connectivity index (χ3v) is 3.59. The predicted molar refractivity (Wildman–Crippen MR) is 84.3 cm³/mol. The third-order valence-electron chi connectivity index (χ3n) is 3.59. The first kappa shape index (κ1) is 16.1. The molecule has 0 aliphatic heterocycles. The summed E-state index contributed by atoms with van der Waals surface area (Å²) >= 11 is 0. The van der Waals surface area contributed by atoms with Gasteiger partial charge in [0.15, 0.2) is 11.5 Å². The molecule has 0 heterocycles. The summed E-state index contributed by atoms with van der Waals surface area (Å²) in [6.07, 6.45) is -0.325. The van der Waals surface area contributed by atoms with Crippen LogP contribution in [0, 0.1) is 0 Å². The Morgan fingerprint density at radius 2 is 1.59 bits per heavy atom. The van der Waals surface area contributed by atoms with Gasteiger partial charge in [0.05, 0.1) is 26.4 Å². The largest absolute Gasteiger partial charge is 0.502 e. The van der Waals surface area contributed by atoms with Crippen LogP contribution in [0.1, 0.15) is 17.2 Å². The molecule has 118 valence electrons. The van der Waals surface area contributed by atoms with Crippen molar-refractivity contribution < 1.29 is 19.7 Å². The number of nitrogens with two attached hydrogens (primary N) is 1. The highest BCUT2D eigenvalue weighted by molar-refractivity contribution is 5.53. The van der Waals surface area contributed by atoms with Crippen LogP contribution in [0.3, 0.4) is 0 Å². The van der Waals surface area contributed by atoms with E-state index in [9.17, 15) is 10.2 Å². The van der Waals surface area contributed by atoms with Gasteiger partial charge in [-0.1, -0.05) is 30.3 Å². The van der Waals surface area contributed by atoms with Crippen molar-refractivity contribution in [3.05, 3.63) is 53.6 Å². The van der Waals surface area contributed by atoms with Crippen molar-refractivity contribution in [2.24, 2.45) is 5.73 Å². The van der Waals surface area contributed by atoms with Gasteiger partial charge < -0.3 is 25.4 Å². The van der Waals surface area contributed by atoms with Crippen LogP contribution < -0.4 is 15.2 Å². The first-order chi connectivity index (χ1) is 10.6. The minimum atomic E-state index is -0.763. The van der Waals surface area contributed by atoms with Crippen molar-refractivity contribution in [2.75, 3.05) is 14.2 Å². The van der Waals surface area contributed by atoms with Gasteiger partial charge in [0.1, 0.15) is 0 Å². The van der Waals surface area contributed by atoms with Crippen molar-refractivity contribution in [2.45, 2.75) is 18.6 Å². The van der Waals surface area contributed by atoms with Crippen molar-refractivity contribution in [3.63, 3.8) is 0 Å². The van der Waals surface area contributed by atoms with Crippen molar-refractivity contribution in [1.82, 2.24) is 0 Å². The van der Waals surface area contributed by atoms with Crippen molar-refractivity contribution in [1.29, 1.82) is 0 Å². The number of phenols is 1. The SMILES string of the molecule is COc1cc([C@H](N)[C@H](O)Cc2ccccc2)cc(OC)c1O. The number of phenolic OH excluding ortho intramolecular Hbond substituents is 1. The molecule has 5 nitrogen and oxygen atoms in total. The number of rotatable bonds is 6. The maximum atomic E-state index is 10.4. The molecule has 0 aliphatic rings. The monoisotopic (exact) mass is 303 g/mol. The minimum absolute atomic E-state index is 0.0847. The van der Waals surface area contributed by atoms with E-state index in [2.05, 4.69) is 0 Å². The Balaban J connectivity index is 2.23. The van der Waals surface area contributed by atoms with Crippen LogP contribution in [0.5, 0.6) is 17.2 Å². The number of ether oxygens (including phenoxy) is 2. The minimum Gasteiger partial charge on any atom is -0.502 e. The number of hydrogen-bond donors (Lipinski definition) is 3. The summed E-state index contributed by atoms with van der Waals surface area (Å²) in [4.78, 5) is 0. The maximum Gasteiger partial charge on any atom is 0.200 e. The Morgan fingerprint density at radius 1 is 1.05 bits per heavy atom. The molecule has 0 aliphatic carbocycles. The Kier molecular flexibility index (Phi) is 5.25. The second-order valence-electron chi connectivity index (χ2n) is 5.06. The third kappa shape index (κ3) is 3.50. The zero-order valence-electron chi connectivity index (χ0n) is 12.7. The molecule has 4 N–H and O–H groups in total. The highest BCUT2D eigenvalue weighted by Gasteiger charge is 2.21. The Labute approximate surface area is 129 Å². The van der Waals surface area contributed by atoms with Gasteiger partial charge >= 0.3 is 0 Å². The van der Waals surface area contributed by atoms with Gasteiger partial charge in [0.2, 0.25) is 5.75 Å². The summed E-state index contributed by atoms with van der Waals surface area (Å²) in [5.41, 5.74) is 7.78. The molecule has 0 unspecified atom stereocenters. The molecule has 5 heteroatoms. The van der Waals surface area contributed by atoms with Gasteiger partial charge in [-0.05, 0) is 23.3 Å². The molecular weight excluding hydrogens is 282 g/mol. The second-order valence-corrected chi connectivity index (χ2v) is 5.06. The average Bonchev–Trinajstić information content (AvgIpc) is 2.55. The quantitative estimate of drug-likeness (QED) is 0.760. The lowest BCUT2D eigenvalue weighted by Crippen LogP contribution is -2.28. The van der Waals surface area contributed by atoms with E-state index in [4.69, 9.17) is 15.2 Å². The lowest BCUT2D eigenvalue weighted by molar-refractivity contribution is 0.145. The van der Waals surface area contributed by atoms with Crippen LogP contribution in [0.2, 0.25) is 0 Å². The van der Waals surface area contributed by atoms with Gasteiger partial charge in [0, 0.05) is 6.42 Å². The van der Waals surface area contributed by atoms with E-state index in [1.165, 1.54) is 14.2 Å². The van der Waals surface area contributed by atoms with Crippen LogP contribution in [-0.2, 0) is 6.42 Å². The van der Waals surface area contributed by atoms with Crippen LogP contribution in [0.15, 0.2) is 42.5 Å². The highest BCUT2D eigenvalue weighted by atomic mass is 16.5. The fraction of sp³-hybridized carbons (Fsp3) is 0.294. The number of aliphatic hydroxyl groups is 1. The van der Waals surface area contributed by atoms with Gasteiger partial charge in [0.25, 0.3) is 0 Å². The molecule has 0 aromatic heterocycles. The number of aromatic hydroxyl groups is 1. The molecule has 2 atom stereocenters. The first-order valence-corrected chi connectivity index (χ1v) is 6.99. The number of benzene rings is 2. The molecule has 2 aromatic rings. The molecule has 0 fully saturated rings. The number of methoxy groups -OCH3 is 2. The van der Waals surface area contributed by atoms with Gasteiger partial charge in [-0.25, -0.2) is 0 Å².